The number of anilines is 1. The molecule has 0 saturated heterocycles. The molecule has 0 aliphatic heterocycles. The quantitative estimate of drug-likeness (QED) is 0.527. The van der Waals surface area contributed by atoms with Gasteiger partial charge in [-0.3, -0.25) is 4.79 Å². The largest absolute Gasteiger partial charge is 0.402 e. The Bertz CT molecular complexity index is 432. The number of carbonyl (C=O) groups excluding carboxylic acids is 1. The van der Waals surface area contributed by atoms with Gasteiger partial charge in [0.25, 0.3) is 5.91 Å². The summed E-state index contributed by atoms with van der Waals surface area (Å²) in [5, 5.41) is 2.21. The van der Waals surface area contributed by atoms with E-state index in [1.807, 2.05) is 0 Å². The van der Waals surface area contributed by atoms with Crippen molar-refractivity contribution < 1.29 is 13.6 Å². The molecule has 0 spiro atoms. The summed E-state index contributed by atoms with van der Waals surface area (Å²) >= 11 is 0. The zero-order valence-electron chi connectivity index (χ0n) is 8.34. The molecule has 86 valence electrons. The number of amides is 1. The van der Waals surface area contributed by atoms with E-state index in [4.69, 9.17) is 11.5 Å². The van der Waals surface area contributed by atoms with Gasteiger partial charge >= 0.3 is 0 Å². The summed E-state index contributed by atoms with van der Waals surface area (Å²) < 4.78 is 25.4. The molecule has 0 aromatic heterocycles. The van der Waals surface area contributed by atoms with Crippen LogP contribution in [0.15, 0.2) is 30.2 Å². The summed E-state index contributed by atoms with van der Waals surface area (Å²) in [5.41, 5.74) is 11.0. The molecule has 1 rings (SSSR count). The minimum Gasteiger partial charge on any atom is -0.402 e. The first-order chi connectivity index (χ1) is 7.54. The van der Waals surface area contributed by atoms with Crippen LogP contribution in [-0.2, 0) is 11.3 Å². The Labute approximate surface area is 90.9 Å². The lowest BCUT2D eigenvalue weighted by atomic mass is 10.2. The fourth-order valence-corrected chi connectivity index (χ4v) is 1.06. The fraction of sp³-hybridized carbons (Fsp3) is 0.100. The number of carbonyl (C=O) groups is 1. The Morgan fingerprint density at radius 2 is 2.19 bits per heavy atom. The van der Waals surface area contributed by atoms with Gasteiger partial charge in [-0.1, -0.05) is 0 Å². The molecule has 1 amide bonds. The van der Waals surface area contributed by atoms with Gasteiger partial charge in [-0.15, -0.1) is 0 Å². The van der Waals surface area contributed by atoms with Crippen LogP contribution in [0.2, 0.25) is 0 Å². The third-order valence-electron chi connectivity index (χ3n) is 1.91. The molecule has 1 aromatic rings. The molecule has 0 heterocycles. The third-order valence-corrected chi connectivity index (χ3v) is 1.91. The van der Waals surface area contributed by atoms with E-state index in [1.165, 1.54) is 18.2 Å². The first-order valence-electron chi connectivity index (χ1n) is 4.44. The predicted molar refractivity (Wildman–Crippen MR) is 56.0 cm³/mol. The highest BCUT2D eigenvalue weighted by molar-refractivity contribution is 5.90. The number of rotatable bonds is 3. The van der Waals surface area contributed by atoms with E-state index in [9.17, 15) is 13.6 Å². The molecule has 0 aliphatic rings. The molecule has 0 unspecified atom stereocenters. The van der Waals surface area contributed by atoms with Crippen molar-refractivity contribution in [2.45, 2.75) is 6.54 Å². The molecule has 0 bridgehead atoms. The van der Waals surface area contributed by atoms with Gasteiger partial charge in [-0.2, -0.15) is 4.39 Å². The van der Waals surface area contributed by atoms with Crippen LogP contribution >= 0.6 is 0 Å². The average molecular weight is 227 g/mol. The topological polar surface area (TPSA) is 81.1 Å². The van der Waals surface area contributed by atoms with Gasteiger partial charge in [0.05, 0.1) is 0 Å². The highest BCUT2D eigenvalue weighted by Gasteiger charge is 2.08. The van der Waals surface area contributed by atoms with Gasteiger partial charge in [0.2, 0.25) is 5.83 Å². The summed E-state index contributed by atoms with van der Waals surface area (Å²) in [6.45, 7) is -0.0658. The van der Waals surface area contributed by atoms with Crippen LogP contribution in [-0.4, -0.2) is 5.91 Å². The maximum atomic E-state index is 12.8. The standard InChI is InChI=1S/C10H11F2N3O/c11-7-1-2-9(14)6(3-7)5-15-10(16)8(12)4-13/h1-4H,5,13-14H2,(H,15,16)/b8-4+. The first-order valence-corrected chi connectivity index (χ1v) is 4.44. The number of benzene rings is 1. The van der Waals surface area contributed by atoms with Crippen LogP contribution in [0, 0.1) is 5.82 Å². The Morgan fingerprint density at radius 3 is 2.81 bits per heavy atom. The van der Waals surface area contributed by atoms with E-state index in [2.05, 4.69) is 5.32 Å². The van der Waals surface area contributed by atoms with E-state index >= 15 is 0 Å². The maximum absolute atomic E-state index is 12.8. The lowest BCUT2D eigenvalue weighted by Gasteiger charge is -2.06. The van der Waals surface area contributed by atoms with E-state index in [-0.39, 0.29) is 6.54 Å². The van der Waals surface area contributed by atoms with Crippen molar-refractivity contribution in [3.63, 3.8) is 0 Å². The zero-order valence-corrected chi connectivity index (χ0v) is 8.34. The van der Waals surface area contributed by atoms with Gasteiger partial charge < -0.3 is 16.8 Å². The van der Waals surface area contributed by atoms with E-state index in [0.717, 1.165) is 0 Å². The molecular weight excluding hydrogens is 216 g/mol. The highest BCUT2D eigenvalue weighted by Crippen LogP contribution is 2.13. The molecule has 0 saturated carbocycles. The van der Waals surface area contributed by atoms with Crippen LogP contribution in [0.4, 0.5) is 14.5 Å². The molecule has 0 fully saturated rings. The summed E-state index contributed by atoms with van der Waals surface area (Å²) in [7, 11) is 0. The van der Waals surface area contributed by atoms with Gasteiger partial charge in [0.1, 0.15) is 5.82 Å². The lowest BCUT2D eigenvalue weighted by molar-refractivity contribution is -0.119. The molecule has 0 radical (unpaired) electrons. The maximum Gasteiger partial charge on any atom is 0.281 e. The van der Waals surface area contributed by atoms with E-state index < -0.39 is 17.6 Å². The molecule has 1 aromatic carbocycles. The van der Waals surface area contributed by atoms with Gasteiger partial charge in [-0.05, 0) is 23.8 Å². The number of halogens is 2. The average Bonchev–Trinajstić information content (AvgIpc) is 2.28. The van der Waals surface area contributed by atoms with Crippen molar-refractivity contribution in [2.75, 3.05) is 5.73 Å². The molecule has 0 atom stereocenters. The second-order valence-electron chi connectivity index (χ2n) is 3.04. The molecule has 4 nitrogen and oxygen atoms in total. The van der Waals surface area contributed by atoms with Crippen LogP contribution in [0.25, 0.3) is 0 Å². The Hall–Kier alpha value is -2.11. The summed E-state index contributed by atoms with van der Waals surface area (Å²) in [5.74, 6) is -2.55. The summed E-state index contributed by atoms with van der Waals surface area (Å²) in [4.78, 5) is 11.0. The van der Waals surface area contributed by atoms with Crippen molar-refractivity contribution in [1.82, 2.24) is 5.32 Å². The number of nitrogens with two attached hydrogens (primary N) is 2. The van der Waals surface area contributed by atoms with Crippen LogP contribution in [0.1, 0.15) is 5.56 Å². The molecule has 6 heteroatoms. The lowest BCUT2D eigenvalue weighted by Crippen LogP contribution is -2.24. The summed E-state index contributed by atoms with van der Waals surface area (Å²) in [6, 6.07) is 3.73. The fourth-order valence-electron chi connectivity index (χ4n) is 1.06. The molecule has 0 aliphatic carbocycles. The smallest absolute Gasteiger partial charge is 0.281 e. The predicted octanol–water partition coefficient (Wildman–Crippen LogP) is 0.794. The third kappa shape index (κ3) is 2.94. The molecule has 16 heavy (non-hydrogen) atoms. The first kappa shape index (κ1) is 12.0. The van der Waals surface area contributed by atoms with Crippen LogP contribution in [0.5, 0.6) is 0 Å². The number of hydrogen-bond donors (Lipinski definition) is 3. The minimum atomic E-state index is -1.10. The number of hydrogen-bond acceptors (Lipinski definition) is 3. The Kier molecular flexibility index (Phi) is 3.82. The minimum absolute atomic E-state index is 0.0658. The van der Waals surface area contributed by atoms with Crippen molar-refractivity contribution >= 4 is 11.6 Å². The molecular formula is C10H11F2N3O. The second kappa shape index (κ2) is 5.11. The molecule has 5 N–H and O–H groups in total. The monoisotopic (exact) mass is 227 g/mol. The normalized spacial score (nSPS) is 11.2. The SMILES string of the molecule is N/C=C(/F)C(=O)NCc1cc(F)ccc1N. The van der Waals surface area contributed by atoms with Crippen LogP contribution in [0.3, 0.4) is 0 Å². The van der Waals surface area contributed by atoms with Gasteiger partial charge in [0.15, 0.2) is 0 Å². The van der Waals surface area contributed by atoms with E-state index in [0.29, 0.717) is 17.5 Å². The Balaban J connectivity index is 2.68. The van der Waals surface area contributed by atoms with Crippen molar-refractivity contribution in [1.29, 1.82) is 0 Å². The Morgan fingerprint density at radius 1 is 1.50 bits per heavy atom. The van der Waals surface area contributed by atoms with Crippen molar-refractivity contribution in [2.24, 2.45) is 5.73 Å². The number of nitrogen functional groups attached to an aromatic ring is 1. The number of nitrogens with one attached hydrogen (secondary N) is 1. The highest BCUT2D eigenvalue weighted by atomic mass is 19.1. The summed E-state index contributed by atoms with van der Waals surface area (Å²) in [6.07, 6.45) is 0.546. The van der Waals surface area contributed by atoms with E-state index in [1.54, 1.807) is 0 Å². The second-order valence-corrected chi connectivity index (χ2v) is 3.04. The van der Waals surface area contributed by atoms with Crippen LogP contribution < -0.4 is 16.8 Å². The van der Waals surface area contributed by atoms with Crippen molar-refractivity contribution in [3.05, 3.63) is 41.6 Å². The van der Waals surface area contributed by atoms with Gasteiger partial charge in [-0.25, -0.2) is 4.39 Å². The van der Waals surface area contributed by atoms with Gasteiger partial charge in [0, 0.05) is 18.4 Å². The van der Waals surface area contributed by atoms with Crippen molar-refractivity contribution in [3.8, 4) is 0 Å². The zero-order chi connectivity index (χ0) is 12.1.